The molecule has 134 valence electrons. The quantitative estimate of drug-likeness (QED) is 0.798. The van der Waals surface area contributed by atoms with Crippen LogP contribution in [0.3, 0.4) is 0 Å². The third-order valence-electron chi connectivity index (χ3n) is 3.50. The maximum absolute atomic E-state index is 12.1. The molecule has 1 heterocycles. The standard InChI is InChI=1S/C18H28N2O3S/c1-18(2,3)23-17(21)19-15(13-20-9-11-22-12-10-20)14-24-16-7-5-4-6-8-16/h4-8,15H,9-14H2,1-3H3,(H,19,21)/t15-/m1/s1. The van der Waals surface area contributed by atoms with Crippen molar-refractivity contribution in [1.82, 2.24) is 10.2 Å². The number of amides is 1. The van der Waals surface area contributed by atoms with E-state index in [4.69, 9.17) is 9.47 Å². The molecular weight excluding hydrogens is 324 g/mol. The Morgan fingerprint density at radius 2 is 1.96 bits per heavy atom. The van der Waals surface area contributed by atoms with Crippen LogP contribution in [0.25, 0.3) is 0 Å². The van der Waals surface area contributed by atoms with Crippen LogP contribution in [0.1, 0.15) is 20.8 Å². The first-order valence-corrected chi connectivity index (χ1v) is 9.38. The van der Waals surface area contributed by atoms with Crippen LogP contribution in [-0.2, 0) is 9.47 Å². The number of morpholine rings is 1. The van der Waals surface area contributed by atoms with E-state index in [0.29, 0.717) is 0 Å². The Kier molecular flexibility index (Phi) is 7.40. The summed E-state index contributed by atoms with van der Waals surface area (Å²) in [6.45, 7) is 9.76. The molecule has 0 bridgehead atoms. The molecule has 1 saturated heterocycles. The summed E-state index contributed by atoms with van der Waals surface area (Å²) in [6, 6.07) is 10.3. The fourth-order valence-corrected chi connectivity index (χ4v) is 3.36. The minimum atomic E-state index is -0.486. The Bertz CT molecular complexity index is 499. The number of thioether (sulfide) groups is 1. The summed E-state index contributed by atoms with van der Waals surface area (Å²) in [5.41, 5.74) is -0.486. The Morgan fingerprint density at radius 3 is 2.58 bits per heavy atom. The van der Waals surface area contributed by atoms with Gasteiger partial charge in [-0.1, -0.05) is 18.2 Å². The number of carbonyl (C=O) groups excluding carboxylic acids is 1. The molecule has 24 heavy (non-hydrogen) atoms. The van der Waals surface area contributed by atoms with E-state index in [0.717, 1.165) is 38.6 Å². The van der Waals surface area contributed by atoms with Gasteiger partial charge in [-0.2, -0.15) is 0 Å². The first-order valence-electron chi connectivity index (χ1n) is 8.40. The van der Waals surface area contributed by atoms with E-state index < -0.39 is 5.60 Å². The lowest BCUT2D eigenvalue weighted by Crippen LogP contribution is -2.49. The SMILES string of the molecule is CC(C)(C)OC(=O)N[C@@H](CSc1ccccc1)CN1CCOCC1. The normalized spacial score (nSPS) is 17.3. The van der Waals surface area contributed by atoms with Crippen molar-refractivity contribution in [2.75, 3.05) is 38.6 Å². The van der Waals surface area contributed by atoms with Crippen LogP contribution in [0, 0.1) is 0 Å². The molecule has 1 aliphatic heterocycles. The van der Waals surface area contributed by atoms with Crippen molar-refractivity contribution < 1.29 is 14.3 Å². The average molecular weight is 353 g/mol. The molecule has 1 aromatic rings. The summed E-state index contributed by atoms with van der Waals surface area (Å²) < 4.78 is 10.8. The van der Waals surface area contributed by atoms with E-state index in [9.17, 15) is 4.79 Å². The minimum absolute atomic E-state index is 0.0307. The maximum Gasteiger partial charge on any atom is 0.407 e. The molecule has 0 spiro atoms. The first kappa shape index (κ1) is 19.1. The highest BCUT2D eigenvalue weighted by molar-refractivity contribution is 7.99. The van der Waals surface area contributed by atoms with Crippen LogP contribution in [0.15, 0.2) is 35.2 Å². The topological polar surface area (TPSA) is 50.8 Å². The van der Waals surface area contributed by atoms with E-state index in [2.05, 4.69) is 22.3 Å². The highest BCUT2D eigenvalue weighted by Crippen LogP contribution is 2.19. The van der Waals surface area contributed by atoms with Crippen molar-refractivity contribution >= 4 is 17.9 Å². The number of benzene rings is 1. The highest BCUT2D eigenvalue weighted by atomic mass is 32.2. The summed E-state index contributed by atoms with van der Waals surface area (Å²) in [5.74, 6) is 0.806. The second-order valence-electron chi connectivity index (χ2n) is 6.88. The molecule has 1 fully saturated rings. The van der Waals surface area contributed by atoms with Gasteiger partial charge in [0.25, 0.3) is 0 Å². The summed E-state index contributed by atoms with van der Waals surface area (Å²) in [6.07, 6.45) is -0.352. The lowest BCUT2D eigenvalue weighted by Gasteiger charge is -2.31. The second-order valence-corrected chi connectivity index (χ2v) is 7.97. The van der Waals surface area contributed by atoms with Gasteiger partial charge in [-0.3, -0.25) is 4.90 Å². The zero-order valence-corrected chi connectivity index (χ0v) is 15.6. The van der Waals surface area contributed by atoms with Gasteiger partial charge in [0.1, 0.15) is 5.60 Å². The van der Waals surface area contributed by atoms with E-state index in [-0.39, 0.29) is 12.1 Å². The molecule has 0 unspecified atom stereocenters. The number of carbonyl (C=O) groups is 1. The van der Waals surface area contributed by atoms with E-state index in [1.807, 2.05) is 39.0 Å². The summed E-state index contributed by atoms with van der Waals surface area (Å²) >= 11 is 1.75. The Hall–Kier alpha value is -1.24. The molecule has 1 N–H and O–H groups in total. The van der Waals surface area contributed by atoms with Crippen LogP contribution < -0.4 is 5.32 Å². The smallest absolute Gasteiger partial charge is 0.407 e. The van der Waals surface area contributed by atoms with Crippen LogP contribution in [0.4, 0.5) is 4.79 Å². The summed E-state index contributed by atoms with van der Waals surface area (Å²) in [5, 5.41) is 3.03. The predicted octanol–water partition coefficient (Wildman–Crippen LogP) is 3.00. The molecule has 1 atom stereocenters. The second kappa shape index (κ2) is 9.30. The van der Waals surface area contributed by atoms with Crippen LogP contribution in [-0.4, -0.2) is 61.2 Å². The zero-order valence-electron chi connectivity index (χ0n) is 14.8. The van der Waals surface area contributed by atoms with Crippen LogP contribution in [0.5, 0.6) is 0 Å². The molecule has 0 aromatic heterocycles. The van der Waals surface area contributed by atoms with Gasteiger partial charge in [0.15, 0.2) is 0 Å². The Morgan fingerprint density at radius 1 is 1.29 bits per heavy atom. The van der Waals surface area contributed by atoms with Crippen molar-refractivity contribution in [2.24, 2.45) is 0 Å². The van der Waals surface area contributed by atoms with Crippen molar-refractivity contribution in [1.29, 1.82) is 0 Å². The fourth-order valence-electron chi connectivity index (χ4n) is 2.42. The molecular formula is C18H28N2O3S. The molecule has 0 radical (unpaired) electrons. The highest BCUT2D eigenvalue weighted by Gasteiger charge is 2.22. The molecule has 0 saturated carbocycles. The third-order valence-corrected chi connectivity index (χ3v) is 4.67. The molecule has 5 nitrogen and oxygen atoms in total. The largest absolute Gasteiger partial charge is 0.444 e. The number of hydrogen-bond donors (Lipinski definition) is 1. The van der Waals surface area contributed by atoms with Gasteiger partial charge in [-0.05, 0) is 32.9 Å². The van der Waals surface area contributed by atoms with Crippen molar-refractivity contribution in [3.63, 3.8) is 0 Å². The maximum atomic E-state index is 12.1. The number of nitrogens with one attached hydrogen (secondary N) is 1. The first-order chi connectivity index (χ1) is 11.4. The van der Waals surface area contributed by atoms with Gasteiger partial charge in [0.2, 0.25) is 0 Å². The van der Waals surface area contributed by atoms with E-state index >= 15 is 0 Å². The monoisotopic (exact) mass is 352 g/mol. The molecule has 0 aliphatic carbocycles. The van der Waals surface area contributed by atoms with Gasteiger partial charge in [-0.15, -0.1) is 11.8 Å². The number of ether oxygens (including phenoxy) is 2. The van der Waals surface area contributed by atoms with Gasteiger partial charge in [0.05, 0.1) is 19.3 Å². The number of nitrogens with zero attached hydrogens (tertiary/aromatic N) is 1. The fraction of sp³-hybridized carbons (Fsp3) is 0.611. The van der Waals surface area contributed by atoms with Crippen LogP contribution >= 0.6 is 11.8 Å². The lowest BCUT2D eigenvalue weighted by molar-refractivity contribution is 0.0304. The third kappa shape index (κ3) is 7.55. The molecule has 1 aromatic carbocycles. The summed E-state index contributed by atoms with van der Waals surface area (Å²) in [7, 11) is 0. The number of rotatable bonds is 6. The van der Waals surface area contributed by atoms with Gasteiger partial charge >= 0.3 is 6.09 Å². The molecule has 1 amide bonds. The lowest BCUT2D eigenvalue weighted by atomic mass is 10.2. The van der Waals surface area contributed by atoms with Gasteiger partial charge < -0.3 is 14.8 Å². The number of alkyl carbamates (subject to hydrolysis) is 1. The predicted molar refractivity (Wildman–Crippen MR) is 97.6 cm³/mol. The van der Waals surface area contributed by atoms with Crippen LogP contribution in [0.2, 0.25) is 0 Å². The molecule has 2 rings (SSSR count). The van der Waals surface area contributed by atoms with Crippen molar-refractivity contribution in [2.45, 2.75) is 37.3 Å². The van der Waals surface area contributed by atoms with Crippen molar-refractivity contribution in [3.05, 3.63) is 30.3 Å². The molecule has 6 heteroatoms. The number of hydrogen-bond acceptors (Lipinski definition) is 5. The minimum Gasteiger partial charge on any atom is -0.444 e. The van der Waals surface area contributed by atoms with E-state index in [1.165, 1.54) is 4.90 Å². The van der Waals surface area contributed by atoms with E-state index in [1.54, 1.807) is 11.8 Å². The van der Waals surface area contributed by atoms with Gasteiger partial charge in [-0.25, -0.2) is 4.79 Å². The average Bonchev–Trinajstić information content (AvgIpc) is 2.53. The molecule has 1 aliphatic rings. The summed E-state index contributed by atoms with van der Waals surface area (Å²) in [4.78, 5) is 15.7. The Labute approximate surface area is 149 Å². The zero-order chi connectivity index (χ0) is 17.4. The van der Waals surface area contributed by atoms with Crippen molar-refractivity contribution in [3.8, 4) is 0 Å². The Balaban J connectivity index is 1.90. The van der Waals surface area contributed by atoms with Gasteiger partial charge in [0, 0.05) is 30.3 Å².